The van der Waals surface area contributed by atoms with Crippen LogP contribution in [0, 0.1) is 0 Å². The third-order valence-corrected chi connectivity index (χ3v) is 9.46. The van der Waals surface area contributed by atoms with Gasteiger partial charge < -0.3 is 9.47 Å². The molecule has 0 fully saturated rings. The molecule has 2 aromatic carbocycles. The number of methoxy groups -OCH3 is 1. The summed E-state index contributed by atoms with van der Waals surface area (Å²) >= 11 is 0. The normalized spacial score (nSPS) is 24.4. The Morgan fingerprint density at radius 2 is 1.72 bits per heavy atom. The Hall–Kier alpha value is -2.55. The number of hydrogen-bond donors (Lipinski definition) is 0. The van der Waals surface area contributed by atoms with E-state index in [1.807, 2.05) is 12.1 Å². The molecule has 1 aliphatic heterocycles. The lowest BCUT2D eigenvalue weighted by atomic mass is 9.66. The zero-order chi connectivity index (χ0) is 28.2. The van der Waals surface area contributed by atoms with E-state index in [1.54, 1.807) is 11.1 Å². The van der Waals surface area contributed by atoms with Gasteiger partial charge >= 0.3 is 5.97 Å². The molecule has 0 saturated heterocycles. The summed E-state index contributed by atoms with van der Waals surface area (Å²) in [4.78, 5) is 12.1. The molecular formula is C36H50O3. The lowest BCUT2D eigenvalue weighted by Gasteiger charge is -2.44. The van der Waals surface area contributed by atoms with Gasteiger partial charge in [-0.15, -0.1) is 0 Å². The third-order valence-electron chi connectivity index (χ3n) is 9.46. The number of ether oxygens (including phenoxy) is 2. The van der Waals surface area contributed by atoms with Crippen LogP contribution in [0.15, 0.2) is 47.5 Å². The average molecular weight is 531 g/mol. The lowest BCUT2D eigenvalue weighted by molar-refractivity contribution is 0.0600. The van der Waals surface area contributed by atoms with Crippen LogP contribution in [0.25, 0.3) is 0 Å². The molecule has 4 rings (SSSR count). The van der Waals surface area contributed by atoms with Crippen molar-refractivity contribution in [2.75, 3.05) is 7.11 Å². The van der Waals surface area contributed by atoms with Crippen molar-refractivity contribution in [2.45, 2.75) is 129 Å². The Labute approximate surface area is 237 Å². The molecule has 1 aliphatic carbocycles. The van der Waals surface area contributed by atoms with Gasteiger partial charge in [-0.25, -0.2) is 4.79 Å². The first-order chi connectivity index (χ1) is 18.6. The van der Waals surface area contributed by atoms with Crippen LogP contribution >= 0.6 is 0 Å². The van der Waals surface area contributed by atoms with Crippen molar-refractivity contribution in [1.82, 2.24) is 0 Å². The van der Waals surface area contributed by atoms with Crippen LogP contribution in [0.2, 0.25) is 0 Å². The molecule has 0 spiro atoms. The molecule has 3 heteroatoms. The quantitative estimate of drug-likeness (QED) is 0.291. The maximum Gasteiger partial charge on any atom is 0.337 e. The Balaban J connectivity index is 1.90. The minimum absolute atomic E-state index is 0.0357. The minimum atomic E-state index is -0.299. The minimum Gasteiger partial charge on any atom is -0.485 e. The van der Waals surface area contributed by atoms with Gasteiger partial charge in [-0.2, -0.15) is 0 Å². The molecule has 0 saturated carbocycles. The fourth-order valence-electron chi connectivity index (χ4n) is 6.69. The largest absolute Gasteiger partial charge is 0.485 e. The molecule has 212 valence electrons. The summed E-state index contributed by atoms with van der Waals surface area (Å²) in [6, 6.07) is 12.8. The van der Waals surface area contributed by atoms with E-state index in [9.17, 15) is 4.79 Å². The average Bonchev–Trinajstić information content (AvgIpc) is 2.93. The molecule has 2 aliphatic rings. The molecule has 3 nitrogen and oxygen atoms in total. The van der Waals surface area contributed by atoms with Crippen molar-refractivity contribution in [2.24, 2.45) is 0 Å². The summed E-state index contributed by atoms with van der Waals surface area (Å²) in [7, 11) is 1.43. The summed E-state index contributed by atoms with van der Waals surface area (Å²) in [5, 5.41) is 0. The van der Waals surface area contributed by atoms with Crippen molar-refractivity contribution in [3.05, 3.63) is 75.4 Å². The predicted molar refractivity (Wildman–Crippen MR) is 162 cm³/mol. The molecule has 1 heterocycles. The second kappa shape index (κ2) is 12.3. The van der Waals surface area contributed by atoms with Crippen LogP contribution in [-0.2, 0) is 22.0 Å². The van der Waals surface area contributed by atoms with Gasteiger partial charge in [-0.3, -0.25) is 0 Å². The van der Waals surface area contributed by atoms with Gasteiger partial charge in [0.1, 0.15) is 11.9 Å². The first-order valence-electron chi connectivity index (χ1n) is 15.3. The number of rotatable bonds is 4. The number of esters is 1. The molecule has 0 aromatic heterocycles. The summed E-state index contributed by atoms with van der Waals surface area (Å²) < 4.78 is 12.0. The molecule has 2 atom stereocenters. The van der Waals surface area contributed by atoms with E-state index >= 15 is 0 Å². The Bertz CT molecular complexity index is 1180. The van der Waals surface area contributed by atoms with E-state index in [4.69, 9.17) is 9.47 Å². The van der Waals surface area contributed by atoms with Crippen molar-refractivity contribution in [3.63, 3.8) is 0 Å². The molecule has 39 heavy (non-hydrogen) atoms. The highest BCUT2D eigenvalue weighted by atomic mass is 16.5. The van der Waals surface area contributed by atoms with Crippen molar-refractivity contribution in [3.8, 4) is 5.75 Å². The van der Waals surface area contributed by atoms with Crippen LogP contribution in [0.1, 0.15) is 144 Å². The Morgan fingerprint density at radius 1 is 1.03 bits per heavy atom. The molecule has 4 bridgehead atoms. The van der Waals surface area contributed by atoms with Crippen molar-refractivity contribution in [1.29, 1.82) is 0 Å². The highest BCUT2D eigenvalue weighted by molar-refractivity contribution is 5.89. The van der Waals surface area contributed by atoms with Gasteiger partial charge in [-0.1, -0.05) is 95.7 Å². The number of hydrogen-bond acceptors (Lipinski definition) is 3. The maximum atomic E-state index is 12.1. The highest BCUT2D eigenvalue weighted by Crippen LogP contribution is 2.53. The smallest absolute Gasteiger partial charge is 0.337 e. The fourth-order valence-corrected chi connectivity index (χ4v) is 6.69. The van der Waals surface area contributed by atoms with E-state index in [0.717, 1.165) is 37.0 Å². The van der Waals surface area contributed by atoms with Crippen molar-refractivity contribution < 1.29 is 14.3 Å². The number of carbonyl (C=O) groups excluding carboxylic acids is 1. The van der Waals surface area contributed by atoms with Gasteiger partial charge in [0.15, 0.2) is 0 Å². The molecule has 2 unspecified atom stereocenters. The van der Waals surface area contributed by atoms with Crippen LogP contribution < -0.4 is 4.74 Å². The second-order valence-corrected chi connectivity index (χ2v) is 13.0. The number of carbonyl (C=O) groups is 1. The van der Waals surface area contributed by atoms with E-state index in [-0.39, 0.29) is 22.9 Å². The first-order valence-corrected chi connectivity index (χ1v) is 15.3. The monoisotopic (exact) mass is 530 g/mol. The maximum absolute atomic E-state index is 12.1. The summed E-state index contributed by atoms with van der Waals surface area (Å²) in [5.74, 6) is 0.820. The number of benzene rings is 2. The Morgan fingerprint density at radius 3 is 2.36 bits per heavy atom. The van der Waals surface area contributed by atoms with Crippen LogP contribution in [0.3, 0.4) is 0 Å². The second-order valence-electron chi connectivity index (χ2n) is 13.0. The molecule has 0 radical (unpaired) electrons. The fraction of sp³-hybridized carbons (Fsp3) is 0.583. The molecule has 0 amide bonds. The summed E-state index contributed by atoms with van der Waals surface area (Å²) in [5.41, 5.74) is 9.19. The molecule has 0 N–H and O–H groups in total. The van der Waals surface area contributed by atoms with Crippen LogP contribution in [0.4, 0.5) is 0 Å². The zero-order valence-corrected chi connectivity index (χ0v) is 25.5. The number of allylic oxidation sites excluding steroid dienone is 2. The standard InChI is InChI=1S/C36H50O3/c1-8-26-21-29-22-30(35(4,5)6)23-31-33(29)39-32(27-16-18-28(19-17-27)34(37)38-7)24-36(31,9-2)20-14-12-10-11-13-15-25(26)3/h16-19,22-23,32H,8-15,20-21,24H2,1-7H3/b26-25-. The third kappa shape index (κ3) is 6.44. The van der Waals surface area contributed by atoms with Gasteiger partial charge in [0.2, 0.25) is 0 Å². The van der Waals surface area contributed by atoms with Gasteiger partial charge in [0.05, 0.1) is 12.7 Å². The van der Waals surface area contributed by atoms with E-state index in [0.29, 0.717) is 5.56 Å². The van der Waals surface area contributed by atoms with Gasteiger partial charge in [0, 0.05) is 11.0 Å². The Kier molecular flexibility index (Phi) is 9.29. The van der Waals surface area contributed by atoms with E-state index < -0.39 is 0 Å². The van der Waals surface area contributed by atoms with Crippen LogP contribution in [-0.4, -0.2) is 13.1 Å². The molecular weight excluding hydrogens is 480 g/mol. The van der Waals surface area contributed by atoms with Gasteiger partial charge in [-0.05, 0) is 86.1 Å². The van der Waals surface area contributed by atoms with E-state index in [2.05, 4.69) is 65.8 Å². The SMILES string of the molecule is CC/C1=C(\C)CCCCCCCC2(CC)CC(c3ccc(C(=O)OC)cc3)Oc3c(cc(C(C)(C)C)cc32)C1. The first kappa shape index (κ1) is 29.4. The highest BCUT2D eigenvalue weighted by Gasteiger charge is 2.42. The topological polar surface area (TPSA) is 35.5 Å². The van der Waals surface area contributed by atoms with E-state index in [1.165, 1.54) is 68.7 Å². The summed E-state index contributed by atoms with van der Waals surface area (Å²) in [6.07, 6.45) is 13.0. The van der Waals surface area contributed by atoms with Crippen molar-refractivity contribution >= 4 is 5.97 Å². The predicted octanol–water partition coefficient (Wildman–Crippen LogP) is 9.96. The summed E-state index contributed by atoms with van der Waals surface area (Å²) in [6.45, 7) is 14.0. The lowest BCUT2D eigenvalue weighted by Crippen LogP contribution is -2.35. The zero-order valence-electron chi connectivity index (χ0n) is 25.5. The van der Waals surface area contributed by atoms with Crippen LogP contribution in [0.5, 0.6) is 5.75 Å². The van der Waals surface area contributed by atoms with Gasteiger partial charge in [0.25, 0.3) is 0 Å². The molecule has 2 aromatic rings.